The molecule has 2 aliphatic heterocycles. The zero-order valence-corrected chi connectivity index (χ0v) is 12.1. The molecule has 0 aromatic carbocycles. The summed E-state index contributed by atoms with van der Waals surface area (Å²) < 4.78 is 5.80. The van der Waals surface area contributed by atoms with Gasteiger partial charge in [-0.3, -0.25) is 14.6 Å². The monoisotopic (exact) mass is 271 g/mol. The van der Waals surface area contributed by atoms with Crippen LogP contribution in [0.2, 0.25) is 0 Å². The van der Waals surface area contributed by atoms with Crippen molar-refractivity contribution in [3.8, 4) is 0 Å². The number of amides is 1. The number of likely N-dealkylation sites (N-methyl/N-ethyl adjacent to an activating group) is 1. The van der Waals surface area contributed by atoms with Crippen LogP contribution in [0.25, 0.3) is 0 Å². The highest BCUT2D eigenvalue weighted by Gasteiger charge is 2.41. The van der Waals surface area contributed by atoms with Crippen LogP contribution in [0.15, 0.2) is 0 Å². The minimum atomic E-state index is -0.695. The number of likely N-dealkylation sites (tertiary alicyclic amines) is 1. The normalized spacial score (nSPS) is 29.3. The second-order valence-corrected chi connectivity index (χ2v) is 6.13. The van der Waals surface area contributed by atoms with Crippen LogP contribution < -0.4 is 5.32 Å². The van der Waals surface area contributed by atoms with Crippen molar-refractivity contribution in [1.82, 2.24) is 15.1 Å². The van der Waals surface area contributed by atoms with E-state index in [1.807, 2.05) is 13.8 Å². The van der Waals surface area contributed by atoms with E-state index in [-0.39, 0.29) is 18.1 Å². The molecule has 2 N–H and O–H groups in total. The minimum Gasteiger partial charge on any atom is -0.389 e. The summed E-state index contributed by atoms with van der Waals surface area (Å²) in [7, 11) is 1.66. The number of carbonyl (C=O) groups excluding carboxylic acids is 1. The van der Waals surface area contributed by atoms with Crippen molar-refractivity contribution in [2.45, 2.75) is 31.6 Å². The Morgan fingerprint density at radius 3 is 2.84 bits per heavy atom. The van der Waals surface area contributed by atoms with Gasteiger partial charge in [-0.15, -0.1) is 0 Å². The standard InChI is InChI=1S/C13H25N3O3/c1-13(2,18)9-15-6-10-11(7-15)19-5-4-16(10)8-12(17)14-3/h10-11,18H,4-9H2,1-3H3,(H,14,17)/t10-,11+/m0/s1. The van der Waals surface area contributed by atoms with Crippen molar-refractivity contribution in [1.29, 1.82) is 0 Å². The Morgan fingerprint density at radius 1 is 1.47 bits per heavy atom. The smallest absolute Gasteiger partial charge is 0.233 e. The average molecular weight is 271 g/mol. The lowest BCUT2D eigenvalue weighted by atomic mass is 10.1. The van der Waals surface area contributed by atoms with E-state index in [2.05, 4.69) is 15.1 Å². The fourth-order valence-electron chi connectivity index (χ4n) is 2.97. The number of hydrogen-bond acceptors (Lipinski definition) is 5. The predicted molar refractivity (Wildman–Crippen MR) is 71.9 cm³/mol. The number of fused-ring (bicyclic) bond motifs is 1. The average Bonchev–Trinajstić information content (AvgIpc) is 2.69. The fraction of sp³-hybridized carbons (Fsp3) is 0.923. The number of hydrogen-bond donors (Lipinski definition) is 2. The van der Waals surface area contributed by atoms with Gasteiger partial charge < -0.3 is 15.2 Å². The lowest BCUT2D eigenvalue weighted by Crippen LogP contribution is -2.53. The lowest BCUT2D eigenvalue weighted by molar-refractivity contribution is -0.125. The summed E-state index contributed by atoms with van der Waals surface area (Å²) in [5.74, 6) is 0.0431. The Balaban J connectivity index is 1.94. The van der Waals surface area contributed by atoms with Gasteiger partial charge in [-0.1, -0.05) is 0 Å². The van der Waals surface area contributed by atoms with E-state index >= 15 is 0 Å². The molecule has 1 amide bonds. The molecule has 110 valence electrons. The Labute approximate surface area is 114 Å². The maximum absolute atomic E-state index is 11.5. The Kier molecular flexibility index (Phi) is 4.45. The van der Waals surface area contributed by atoms with Gasteiger partial charge in [0.25, 0.3) is 0 Å². The third-order valence-corrected chi connectivity index (χ3v) is 3.73. The number of morpholine rings is 1. The molecule has 2 fully saturated rings. The summed E-state index contributed by atoms with van der Waals surface area (Å²) >= 11 is 0. The highest BCUT2D eigenvalue weighted by Crippen LogP contribution is 2.23. The molecule has 2 atom stereocenters. The van der Waals surface area contributed by atoms with E-state index in [4.69, 9.17) is 4.74 Å². The largest absolute Gasteiger partial charge is 0.389 e. The molecule has 2 saturated heterocycles. The summed E-state index contributed by atoms with van der Waals surface area (Å²) in [6.07, 6.45) is 0.153. The number of nitrogens with zero attached hydrogens (tertiary/aromatic N) is 2. The van der Waals surface area contributed by atoms with Crippen molar-refractivity contribution < 1.29 is 14.6 Å². The van der Waals surface area contributed by atoms with Crippen LogP contribution in [0.4, 0.5) is 0 Å². The van der Waals surface area contributed by atoms with Crippen LogP contribution in [0.3, 0.4) is 0 Å². The molecule has 6 heteroatoms. The number of ether oxygens (including phenoxy) is 1. The summed E-state index contributed by atoms with van der Waals surface area (Å²) in [6, 6.07) is 0.258. The van der Waals surface area contributed by atoms with Crippen molar-refractivity contribution in [3.63, 3.8) is 0 Å². The first-order chi connectivity index (χ1) is 8.89. The van der Waals surface area contributed by atoms with Crippen molar-refractivity contribution in [2.24, 2.45) is 0 Å². The number of β-amino-alcohol motifs (C(OH)–C–C–N with tert-alkyl or cyclic N) is 1. The first-order valence-electron chi connectivity index (χ1n) is 6.90. The van der Waals surface area contributed by atoms with Crippen LogP contribution in [0.5, 0.6) is 0 Å². The van der Waals surface area contributed by atoms with Crippen molar-refractivity contribution in [3.05, 3.63) is 0 Å². The number of nitrogens with one attached hydrogen (secondary N) is 1. The Bertz CT molecular complexity index is 330. The first-order valence-corrected chi connectivity index (χ1v) is 6.90. The molecule has 2 aliphatic rings. The Morgan fingerprint density at radius 2 is 2.21 bits per heavy atom. The van der Waals surface area contributed by atoms with Gasteiger partial charge in [0, 0.05) is 33.2 Å². The number of carbonyl (C=O) groups is 1. The zero-order chi connectivity index (χ0) is 14.0. The third-order valence-electron chi connectivity index (χ3n) is 3.73. The SMILES string of the molecule is CNC(=O)CN1CCO[C@@H]2CN(CC(C)(C)O)C[C@@H]21. The van der Waals surface area contributed by atoms with Gasteiger partial charge >= 0.3 is 0 Å². The molecule has 2 heterocycles. The van der Waals surface area contributed by atoms with Gasteiger partial charge in [-0.2, -0.15) is 0 Å². The summed E-state index contributed by atoms with van der Waals surface area (Å²) in [5, 5.41) is 12.6. The van der Waals surface area contributed by atoms with Gasteiger partial charge in [-0.05, 0) is 13.8 Å². The molecule has 0 aromatic rings. The highest BCUT2D eigenvalue weighted by molar-refractivity contribution is 5.77. The summed E-state index contributed by atoms with van der Waals surface area (Å²) in [4.78, 5) is 15.9. The number of aliphatic hydroxyl groups is 1. The lowest BCUT2D eigenvalue weighted by Gasteiger charge is -2.36. The van der Waals surface area contributed by atoms with Crippen molar-refractivity contribution in [2.75, 3.05) is 46.4 Å². The van der Waals surface area contributed by atoms with Gasteiger partial charge in [0.05, 0.1) is 30.9 Å². The van der Waals surface area contributed by atoms with Gasteiger partial charge in [-0.25, -0.2) is 0 Å². The molecule has 0 aromatic heterocycles. The van der Waals surface area contributed by atoms with Crippen LogP contribution in [0, 0.1) is 0 Å². The molecule has 19 heavy (non-hydrogen) atoms. The molecule has 0 radical (unpaired) electrons. The summed E-state index contributed by atoms with van der Waals surface area (Å²) in [6.45, 7) is 7.86. The molecular formula is C13H25N3O3. The zero-order valence-electron chi connectivity index (χ0n) is 12.1. The van der Waals surface area contributed by atoms with E-state index in [1.54, 1.807) is 7.05 Å². The van der Waals surface area contributed by atoms with E-state index in [0.29, 0.717) is 19.7 Å². The topological polar surface area (TPSA) is 65.0 Å². The van der Waals surface area contributed by atoms with E-state index in [1.165, 1.54) is 0 Å². The quantitative estimate of drug-likeness (QED) is 0.679. The van der Waals surface area contributed by atoms with Crippen LogP contribution in [-0.2, 0) is 9.53 Å². The van der Waals surface area contributed by atoms with E-state index < -0.39 is 5.60 Å². The van der Waals surface area contributed by atoms with Crippen molar-refractivity contribution >= 4 is 5.91 Å². The minimum absolute atomic E-state index is 0.0431. The molecule has 0 unspecified atom stereocenters. The second kappa shape index (κ2) is 5.75. The molecule has 0 aliphatic carbocycles. The predicted octanol–water partition coefficient (Wildman–Crippen LogP) is -1.11. The van der Waals surface area contributed by atoms with Crippen LogP contribution >= 0.6 is 0 Å². The molecule has 0 spiro atoms. The first kappa shape index (κ1) is 14.7. The number of rotatable bonds is 4. The van der Waals surface area contributed by atoms with Gasteiger partial charge in [0.2, 0.25) is 5.91 Å². The van der Waals surface area contributed by atoms with E-state index in [9.17, 15) is 9.90 Å². The fourth-order valence-corrected chi connectivity index (χ4v) is 2.97. The molecule has 0 saturated carbocycles. The van der Waals surface area contributed by atoms with Crippen LogP contribution in [-0.4, -0.2) is 84.9 Å². The molecule has 6 nitrogen and oxygen atoms in total. The molecule has 2 rings (SSSR count). The Hall–Kier alpha value is -0.690. The highest BCUT2D eigenvalue weighted by atomic mass is 16.5. The van der Waals surface area contributed by atoms with Gasteiger partial charge in [0.15, 0.2) is 0 Å². The maximum Gasteiger partial charge on any atom is 0.233 e. The third kappa shape index (κ3) is 3.89. The second-order valence-electron chi connectivity index (χ2n) is 6.13. The molecule has 0 bridgehead atoms. The van der Waals surface area contributed by atoms with Gasteiger partial charge in [0.1, 0.15) is 0 Å². The summed E-state index contributed by atoms with van der Waals surface area (Å²) in [5.41, 5.74) is -0.695. The molecular weight excluding hydrogens is 246 g/mol. The van der Waals surface area contributed by atoms with Crippen LogP contribution in [0.1, 0.15) is 13.8 Å². The maximum atomic E-state index is 11.5. The van der Waals surface area contributed by atoms with E-state index in [0.717, 1.165) is 19.6 Å².